The first kappa shape index (κ1) is 12.1. The van der Waals surface area contributed by atoms with Crippen LogP contribution in [0.4, 0.5) is 0 Å². The summed E-state index contributed by atoms with van der Waals surface area (Å²) in [6.45, 7) is 7.01. The molecule has 2 rings (SSSR count). The topological polar surface area (TPSA) is 54.1 Å². The van der Waals surface area contributed by atoms with Crippen LogP contribution in [0, 0.1) is 25.2 Å². The Labute approximate surface area is 102 Å². The normalized spacial score (nSPS) is 18.9. The van der Waals surface area contributed by atoms with E-state index in [2.05, 4.69) is 16.1 Å². The smallest absolute Gasteiger partial charge is 0.127 e. The molecule has 0 aromatic carbocycles. The average Bonchev–Trinajstić information content (AvgIpc) is 2.58. The minimum absolute atomic E-state index is 0.201. The molecular weight excluding hydrogens is 216 g/mol. The zero-order chi connectivity index (χ0) is 12.4. The second kappa shape index (κ2) is 4.86. The number of aryl methyl sites for hydroxylation is 2. The first-order valence-corrected chi connectivity index (χ1v) is 5.86. The predicted octanol–water partition coefficient (Wildman–Crippen LogP) is 0.934. The molecular formula is C12H18N4O. The summed E-state index contributed by atoms with van der Waals surface area (Å²) in [6.07, 6.45) is 0. The highest BCUT2D eigenvalue weighted by atomic mass is 16.5. The van der Waals surface area contributed by atoms with Crippen molar-refractivity contribution < 1.29 is 4.74 Å². The minimum Gasteiger partial charge on any atom is -0.379 e. The van der Waals surface area contributed by atoms with Crippen molar-refractivity contribution in [1.29, 1.82) is 5.26 Å². The molecule has 0 saturated carbocycles. The maximum atomic E-state index is 9.42. The van der Waals surface area contributed by atoms with Gasteiger partial charge in [0.25, 0.3) is 0 Å². The van der Waals surface area contributed by atoms with Crippen molar-refractivity contribution in [3.63, 3.8) is 0 Å². The fourth-order valence-corrected chi connectivity index (χ4v) is 2.35. The van der Waals surface area contributed by atoms with E-state index in [0.717, 1.165) is 30.0 Å². The number of aromatic nitrogens is 2. The fourth-order valence-electron chi connectivity index (χ4n) is 2.35. The lowest BCUT2D eigenvalue weighted by Crippen LogP contribution is -2.38. The maximum absolute atomic E-state index is 9.42. The van der Waals surface area contributed by atoms with Crippen LogP contribution in [0.15, 0.2) is 0 Å². The van der Waals surface area contributed by atoms with Gasteiger partial charge < -0.3 is 4.74 Å². The molecule has 1 aromatic heterocycles. The zero-order valence-corrected chi connectivity index (χ0v) is 10.6. The third-order valence-corrected chi connectivity index (χ3v) is 3.37. The molecule has 0 spiro atoms. The molecule has 1 atom stereocenters. The molecule has 1 aliphatic rings. The van der Waals surface area contributed by atoms with Gasteiger partial charge in [-0.1, -0.05) is 0 Å². The maximum Gasteiger partial charge on any atom is 0.127 e. The number of nitriles is 1. The number of morpholine rings is 1. The van der Waals surface area contributed by atoms with Crippen LogP contribution >= 0.6 is 0 Å². The summed E-state index contributed by atoms with van der Waals surface area (Å²) in [5.74, 6) is 0. The Kier molecular flexibility index (Phi) is 3.46. The number of ether oxygens (including phenoxy) is 1. The molecule has 0 radical (unpaired) electrons. The van der Waals surface area contributed by atoms with Crippen LogP contribution < -0.4 is 0 Å². The Hall–Kier alpha value is -1.38. The van der Waals surface area contributed by atoms with E-state index in [1.165, 1.54) is 0 Å². The molecule has 1 aromatic rings. The lowest BCUT2D eigenvalue weighted by Gasteiger charge is -2.30. The van der Waals surface area contributed by atoms with E-state index in [1.807, 2.05) is 25.6 Å². The van der Waals surface area contributed by atoms with Gasteiger partial charge in [-0.25, -0.2) is 0 Å². The lowest BCUT2D eigenvalue weighted by molar-refractivity contribution is 0.0264. The summed E-state index contributed by atoms with van der Waals surface area (Å²) in [7, 11) is 1.92. The predicted molar refractivity (Wildman–Crippen MR) is 63.4 cm³/mol. The largest absolute Gasteiger partial charge is 0.379 e. The van der Waals surface area contributed by atoms with Crippen molar-refractivity contribution in [3.05, 3.63) is 17.0 Å². The summed E-state index contributed by atoms with van der Waals surface area (Å²) in [5, 5.41) is 13.8. The van der Waals surface area contributed by atoms with Crippen LogP contribution in [0.25, 0.3) is 0 Å². The highest BCUT2D eigenvalue weighted by Crippen LogP contribution is 2.26. The Morgan fingerprint density at radius 2 is 2.00 bits per heavy atom. The highest BCUT2D eigenvalue weighted by molar-refractivity contribution is 5.32. The molecule has 1 aliphatic heterocycles. The fraction of sp³-hybridized carbons (Fsp3) is 0.667. The Morgan fingerprint density at radius 3 is 2.47 bits per heavy atom. The summed E-state index contributed by atoms with van der Waals surface area (Å²) in [5.41, 5.74) is 3.07. The summed E-state index contributed by atoms with van der Waals surface area (Å²) in [6, 6.07) is 2.20. The quantitative estimate of drug-likeness (QED) is 0.764. The first-order valence-electron chi connectivity index (χ1n) is 5.86. The molecule has 0 aliphatic carbocycles. The lowest BCUT2D eigenvalue weighted by atomic mass is 10.0. The van der Waals surface area contributed by atoms with Crippen molar-refractivity contribution >= 4 is 0 Å². The number of hydrogen-bond donors (Lipinski definition) is 0. The number of rotatable bonds is 2. The van der Waals surface area contributed by atoms with Gasteiger partial charge in [0, 0.05) is 31.4 Å². The third-order valence-electron chi connectivity index (χ3n) is 3.37. The van der Waals surface area contributed by atoms with Gasteiger partial charge in [-0.3, -0.25) is 9.58 Å². The van der Waals surface area contributed by atoms with Gasteiger partial charge in [-0.15, -0.1) is 0 Å². The van der Waals surface area contributed by atoms with Gasteiger partial charge in [-0.05, 0) is 13.8 Å². The summed E-state index contributed by atoms with van der Waals surface area (Å²) >= 11 is 0. The zero-order valence-electron chi connectivity index (χ0n) is 10.6. The summed E-state index contributed by atoms with van der Waals surface area (Å²) < 4.78 is 7.17. The molecule has 0 N–H and O–H groups in total. The molecule has 1 unspecified atom stereocenters. The molecule has 0 amide bonds. The van der Waals surface area contributed by atoms with Crippen LogP contribution in [0.1, 0.15) is 23.0 Å². The van der Waals surface area contributed by atoms with E-state index in [1.54, 1.807) is 0 Å². The van der Waals surface area contributed by atoms with Gasteiger partial charge in [0.1, 0.15) is 6.04 Å². The van der Waals surface area contributed by atoms with Crippen molar-refractivity contribution in [1.82, 2.24) is 14.7 Å². The van der Waals surface area contributed by atoms with Crippen LogP contribution in [-0.4, -0.2) is 41.0 Å². The standard InChI is InChI=1S/C12H18N4O/c1-9-12(10(2)15(3)14-9)11(8-13)16-4-6-17-7-5-16/h11H,4-7H2,1-3H3. The van der Waals surface area contributed by atoms with E-state index in [-0.39, 0.29) is 6.04 Å². The van der Waals surface area contributed by atoms with Crippen LogP contribution in [-0.2, 0) is 11.8 Å². The Balaban J connectivity index is 2.31. The van der Waals surface area contributed by atoms with Crippen molar-refractivity contribution in [2.24, 2.45) is 7.05 Å². The first-order chi connectivity index (χ1) is 8.15. The van der Waals surface area contributed by atoms with E-state index >= 15 is 0 Å². The minimum atomic E-state index is -0.201. The van der Waals surface area contributed by atoms with Crippen molar-refractivity contribution in [2.45, 2.75) is 19.9 Å². The van der Waals surface area contributed by atoms with Crippen LogP contribution in [0.5, 0.6) is 0 Å². The molecule has 92 valence electrons. The van der Waals surface area contributed by atoms with Gasteiger partial charge >= 0.3 is 0 Å². The second-order valence-electron chi connectivity index (χ2n) is 4.39. The summed E-state index contributed by atoms with van der Waals surface area (Å²) in [4.78, 5) is 2.17. The Morgan fingerprint density at radius 1 is 1.35 bits per heavy atom. The number of hydrogen-bond acceptors (Lipinski definition) is 4. The van der Waals surface area contributed by atoms with E-state index in [0.29, 0.717) is 13.2 Å². The van der Waals surface area contributed by atoms with Gasteiger partial charge in [0.15, 0.2) is 0 Å². The van der Waals surface area contributed by atoms with Gasteiger partial charge in [0.05, 0.1) is 25.0 Å². The van der Waals surface area contributed by atoms with E-state index in [4.69, 9.17) is 4.74 Å². The molecule has 2 heterocycles. The average molecular weight is 234 g/mol. The molecule has 5 heteroatoms. The van der Waals surface area contributed by atoms with Crippen molar-refractivity contribution in [3.8, 4) is 6.07 Å². The second-order valence-corrected chi connectivity index (χ2v) is 4.39. The van der Waals surface area contributed by atoms with E-state index in [9.17, 15) is 5.26 Å². The SMILES string of the molecule is Cc1nn(C)c(C)c1C(C#N)N1CCOCC1. The van der Waals surface area contributed by atoms with Gasteiger partial charge in [-0.2, -0.15) is 10.4 Å². The molecule has 1 fully saturated rings. The monoisotopic (exact) mass is 234 g/mol. The molecule has 0 bridgehead atoms. The molecule has 5 nitrogen and oxygen atoms in total. The molecule has 1 saturated heterocycles. The van der Waals surface area contributed by atoms with Crippen LogP contribution in [0.3, 0.4) is 0 Å². The van der Waals surface area contributed by atoms with E-state index < -0.39 is 0 Å². The Bertz CT molecular complexity index is 440. The highest BCUT2D eigenvalue weighted by Gasteiger charge is 2.27. The van der Waals surface area contributed by atoms with Gasteiger partial charge in [0.2, 0.25) is 0 Å². The van der Waals surface area contributed by atoms with Crippen LogP contribution in [0.2, 0.25) is 0 Å². The molecule has 17 heavy (non-hydrogen) atoms. The van der Waals surface area contributed by atoms with Crippen molar-refractivity contribution in [2.75, 3.05) is 26.3 Å². The third kappa shape index (κ3) is 2.19. The number of nitrogens with zero attached hydrogens (tertiary/aromatic N) is 4.